The molecular formula is C13H16BrNO2. The summed E-state index contributed by atoms with van der Waals surface area (Å²) in [6.07, 6.45) is 3.60. The minimum atomic E-state index is 0.605. The van der Waals surface area contributed by atoms with Crippen molar-refractivity contribution in [2.24, 2.45) is 0 Å². The molecule has 4 heteroatoms. The van der Waals surface area contributed by atoms with Crippen LogP contribution in [0.1, 0.15) is 18.4 Å². The van der Waals surface area contributed by atoms with Gasteiger partial charge in [-0.1, -0.05) is 15.9 Å². The first kappa shape index (κ1) is 11.4. The summed E-state index contributed by atoms with van der Waals surface area (Å²) in [6.45, 7) is 2.44. The highest BCUT2D eigenvalue weighted by Gasteiger charge is 2.19. The summed E-state index contributed by atoms with van der Waals surface area (Å²) in [5.41, 5.74) is 1.30. The summed E-state index contributed by atoms with van der Waals surface area (Å²) in [4.78, 5) is 0. The van der Waals surface area contributed by atoms with E-state index in [2.05, 4.69) is 27.3 Å². The van der Waals surface area contributed by atoms with Crippen molar-refractivity contribution in [3.8, 4) is 11.5 Å². The van der Waals surface area contributed by atoms with Gasteiger partial charge in [-0.05, 0) is 43.5 Å². The van der Waals surface area contributed by atoms with E-state index in [1.165, 1.54) is 18.4 Å². The predicted octanol–water partition coefficient (Wildman–Crippen LogP) is 2.51. The summed E-state index contributed by atoms with van der Waals surface area (Å²) in [6, 6.07) is 4.74. The fourth-order valence-electron chi connectivity index (χ4n) is 2.46. The second-order valence-electron chi connectivity index (χ2n) is 4.58. The minimum Gasteiger partial charge on any atom is -0.486 e. The van der Waals surface area contributed by atoms with Gasteiger partial charge in [0.2, 0.25) is 0 Å². The highest BCUT2D eigenvalue weighted by atomic mass is 79.9. The van der Waals surface area contributed by atoms with Crippen LogP contribution in [0.5, 0.6) is 11.5 Å². The van der Waals surface area contributed by atoms with Crippen molar-refractivity contribution >= 4 is 15.9 Å². The average Bonchev–Trinajstić information content (AvgIpc) is 2.83. The third-order valence-electron chi connectivity index (χ3n) is 3.34. The summed E-state index contributed by atoms with van der Waals surface area (Å²) >= 11 is 3.62. The van der Waals surface area contributed by atoms with Crippen LogP contribution in [-0.4, -0.2) is 25.8 Å². The minimum absolute atomic E-state index is 0.605. The van der Waals surface area contributed by atoms with E-state index in [1.54, 1.807) is 0 Å². The molecule has 0 amide bonds. The molecule has 0 spiro atoms. The quantitative estimate of drug-likeness (QED) is 0.910. The molecule has 2 aliphatic heterocycles. The molecule has 0 aromatic heterocycles. The van der Waals surface area contributed by atoms with Crippen LogP contribution in [0, 0.1) is 0 Å². The third-order valence-corrected chi connectivity index (χ3v) is 4.08. The van der Waals surface area contributed by atoms with E-state index in [9.17, 15) is 0 Å². The molecule has 17 heavy (non-hydrogen) atoms. The van der Waals surface area contributed by atoms with Crippen molar-refractivity contribution in [3.05, 3.63) is 22.2 Å². The Morgan fingerprint density at radius 1 is 1.24 bits per heavy atom. The Kier molecular flexibility index (Phi) is 3.25. The third kappa shape index (κ3) is 2.43. The Labute approximate surface area is 110 Å². The molecule has 2 aliphatic rings. The van der Waals surface area contributed by atoms with E-state index in [0.29, 0.717) is 19.3 Å². The first-order valence-electron chi connectivity index (χ1n) is 6.14. The largest absolute Gasteiger partial charge is 0.486 e. The lowest BCUT2D eigenvalue weighted by Crippen LogP contribution is -2.24. The van der Waals surface area contributed by atoms with Crippen LogP contribution in [-0.2, 0) is 6.42 Å². The monoisotopic (exact) mass is 297 g/mol. The van der Waals surface area contributed by atoms with Crippen LogP contribution < -0.4 is 14.8 Å². The second-order valence-corrected chi connectivity index (χ2v) is 5.44. The number of hydrogen-bond donors (Lipinski definition) is 1. The topological polar surface area (TPSA) is 30.5 Å². The van der Waals surface area contributed by atoms with Crippen molar-refractivity contribution in [2.45, 2.75) is 25.3 Å². The van der Waals surface area contributed by atoms with Gasteiger partial charge in [0.25, 0.3) is 0 Å². The van der Waals surface area contributed by atoms with Gasteiger partial charge < -0.3 is 14.8 Å². The highest BCUT2D eigenvalue weighted by molar-refractivity contribution is 9.10. The highest BCUT2D eigenvalue weighted by Crippen LogP contribution is 2.36. The lowest BCUT2D eigenvalue weighted by atomic mass is 10.0. The predicted molar refractivity (Wildman–Crippen MR) is 69.9 cm³/mol. The summed E-state index contributed by atoms with van der Waals surface area (Å²) in [5, 5.41) is 3.52. The molecule has 0 saturated carbocycles. The molecule has 1 aromatic rings. The molecule has 3 rings (SSSR count). The molecule has 0 radical (unpaired) electrons. The number of hydrogen-bond acceptors (Lipinski definition) is 3. The molecule has 1 saturated heterocycles. The van der Waals surface area contributed by atoms with E-state index >= 15 is 0 Å². The Balaban J connectivity index is 1.83. The molecule has 0 aliphatic carbocycles. The Morgan fingerprint density at radius 3 is 2.71 bits per heavy atom. The van der Waals surface area contributed by atoms with E-state index in [-0.39, 0.29) is 0 Å². The van der Waals surface area contributed by atoms with Crippen LogP contribution >= 0.6 is 15.9 Å². The molecule has 1 fully saturated rings. The first-order valence-corrected chi connectivity index (χ1v) is 6.93. The Bertz CT molecular complexity index is 416. The SMILES string of the molecule is Brc1cc2c(cc1CC1CCCN1)OCCO2. The van der Waals surface area contributed by atoms with Gasteiger partial charge in [0, 0.05) is 10.5 Å². The Morgan fingerprint density at radius 2 is 2.00 bits per heavy atom. The van der Waals surface area contributed by atoms with E-state index in [0.717, 1.165) is 28.9 Å². The van der Waals surface area contributed by atoms with Gasteiger partial charge in [-0.2, -0.15) is 0 Å². The van der Waals surface area contributed by atoms with Crippen LogP contribution in [0.25, 0.3) is 0 Å². The number of benzene rings is 1. The van der Waals surface area contributed by atoms with Gasteiger partial charge in [-0.15, -0.1) is 0 Å². The van der Waals surface area contributed by atoms with E-state index in [4.69, 9.17) is 9.47 Å². The van der Waals surface area contributed by atoms with Crippen molar-refractivity contribution < 1.29 is 9.47 Å². The second kappa shape index (κ2) is 4.86. The number of nitrogens with one attached hydrogen (secondary N) is 1. The van der Waals surface area contributed by atoms with Crippen molar-refractivity contribution in [2.75, 3.05) is 19.8 Å². The van der Waals surface area contributed by atoms with Crippen LogP contribution in [0.4, 0.5) is 0 Å². The lowest BCUT2D eigenvalue weighted by molar-refractivity contribution is 0.171. The molecule has 0 bridgehead atoms. The molecule has 2 heterocycles. The standard InChI is InChI=1S/C13H16BrNO2/c14-11-8-13-12(16-4-5-17-13)7-9(11)6-10-2-1-3-15-10/h7-8,10,15H,1-6H2. The summed E-state index contributed by atoms with van der Waals surface area (Å²) < 4.78 is 12.3. The molecule has 1 atom stereocenters. The van der Waals surface area contributed by atoms with Crippen molar-refractivity contribution in [1.82, 2.24) is 5.32 Å². The van der Waals surface area contributed by atoms with Gasteiger partial charge in [0.15, 0.2) is 11.5 Å². The zero-order chi connectivity index (χ0) is 11.7. The maximum Gasteiger partial charge on any atom is 0.162 e. The van der Waals surface area contributed by atoms with Crippen LogP contribution in [0.15, 0.2) is 16.6 Å². The average molecular weight is 298 g/mol. The van der Waals surface area contributed by atoms with Gasteiger partial charge in [-0.25, -0.2) is 0 Å². The maximum absolute atomic E-state index is 5.62. The number of rotatable bonds is 2. The molecule has 1 aromatic carbocycles. The van der Waals surface area contributed by atoms with Crippen molar-refractivity contribution in [1.29, 1.82) is 0 Å². The molecule has 1 N–H and O–H groups in total. The number of fused-ring (bicyclic) bond motifs is 1. The van der Waals surface area contributed by atoms with E-state index in [1.807, 2.05) is 6.07 Å². The summed E-state index contributed by atoms with van der Waals surface area (Å²) in [5.74, 6) is 1.73. The fourth-order valence-corrected chi connectivity index (χ4v) is 2.94. The zero-order valence-corrected chi connectivity index (χ0v) is 11.3. The van der Waals surface area contributed by atoms with Gasteiger partial charge in [0.1, 0.15) is 13.2 Å². The van der Waals surface area contributed by atoms with Gasteiger partial charge >= 0.3 is 0 Å². The Hall–Kier alpha value is -0.740. The molecule has 1 unspecified atom stereocenters. The summed E-state index contributed by atoms with van der Waals surface area (Å²) in [7, 11) is 0. The van der Waals surface area contributed by atoms with E-state index < -0.39 is 0 Å². The molecule has 92 valence electrons. The van der Waals surface area contributed by atoms with Gasteiger partial charge in [-0.3, -0.25) is 0 Å². The maximum atomic E-state index is 5.62. The van der Waals surface area contributed by atoms with Crippen LogP contribution in [0.2, 0.25) is 0 Å². The first-order chi connectivity index (χ1) is 8.33. The van der Waals surface area contributed by atoms with Crippen LogP contribution in [0.3, 0.4) is 0 Å². The smallest absolute Gasteiger partial charge is 0.162 e. The fraction of sp³-hybridized carbons (Fsp3) is 0.538. The number of ether oxygens (including phenoxy) is 2. The van der Waals surface area contributed by atoms with Gasteiger partial charge in [0.05, 0.1) is 0 Å². The number of halogens is 1. The zero-order valence-electron chi connectivity index (χ0n) is 9.67. The lowest BCUT2D eigenvalue weighted by Gasteiger charge is -2.20. The normalized spacial score (nSPS) is 22.8. The molecular weight excluding hydrogens is 282 g/mol. The molecule has 3 nitrogen and oxygen atoms in total. The van der Waals surface area contributed by atoms with Crippen molar-refractivity contribution in [3.63, 3.8) is 0 Å².